The van der Waals surface area contributed by atoms with Crippen molar-refractivity contribution in [2.24, 2.45) is 0 Å². The molecule has 240 valence electrons. The number of hydrogen-bond acceptors (Lipinski definition) is 6. The summed E-state index contributed by atoms with van der Waals surface area (Å²) in [4.78, 5) is 48.7. The molecule has 9 nitrogen and oxygen atoms in total. The molecule has 2 aromatic carbocycles. The normalized spacial score (nSPS) is 10.9. The van der Waals surface area contributed by atoms with Crippen LogP contribution in [0.25, 0.3) is 11.0 Å². The van der Waals surface area contributed by atoms with Crippen LogP contribution in [0.3, 0.4) is 0 Å². The molecular formula is C35H48N2O7. The van der Waals surface area contributed by atoms with E-state index in [0.29, 0.717) is 34.5 Å². The number of furan rings is 1. The molecule has 9 heteroatoms. The first-order valence-electron chi connectivity index (χ1n) is 15.6. The summed E-state index contributed by atoms with van der Waals surface area (Å²) in [6, 6.07) is 13.5. The molecule has 0 aliphatic rings. The van der Waals surface area contributed by atoms with E-state index in [2.05, 4.69) is 37.8 Å². The number of nitrogens with zero attached hydrogens (tertiary/aromatic N) is 2. The molecule has 44 heavy (non-hydrogen) atoms. The molecule has 0 saturated carbocycles. The summed E-state index contributed by atoms with van der Waals surface area (Å²) in [5, 5.41) is 15.5. The summed E-state index contributed by atoms with van der Waals surface area (Å²) in [6.07, 6.45) is 9.77. The second kappa shape index (κ2) is 18.6. The molecule has 1 heterocycles. The van der Waals surface area contributed by atoms with Crippen LogP contribution < -0.4 is 0 Å². The number of carboxylic acids is 2. The van der Waals surface area contributed by atoms with Crippen molar-refractivity contribution in [3.8, 4) is 0 Å². The van der Waals surface area contributed by atoms with Crippen molar-refractivity contribution in [2.45, 2.75) is 78.6 Å². The van der Waals surface area contributed by atoms with Crippen LogP contribution in [0.15, 0.2) is 46.9 Å². The lowest BCUT2D eigenvalue weighted by atomic mass is 9.96. The molecule has 1 amide bonds. The van der Waals surface area contributed by atoms with Crippen LogP contribution in [-0.4, -0.2) is 77.4 Å². The molecule has 0 bridgehead atoms. The Balaban J connectivity index is 0.00000102. The minimum absolute atomic E-state index is 0.0406. The maximum Gasteiger partial charge on any atom is 0.414 e. The number of carboxylic acid groups (broad SMARTS) is 2. The van der Waals surface area contributed by atoms with E-state index in [-0.39, 0.29) is 11.7 Å². The van der Waals surface area contributed by atoms with Crippen molar-refractivity contribution in [1.82, 2.24) is 9.80 Å². The highest BCUT2D eigenvalue weighted by atomic mass is 16.4. The van der Waals surface area contributed by atoms with Crippen molar-refractivity contribution >= 4 is 34.6 Å². The molecule has 0 aliphatic carbocycles. The van der Waals surface area contributed by atoms with Crippen LogP contribution in [0.5, 0.6) is 0 Å². The number of amides is 1. The van der Waals surface area contributed by atoms with Crippen molar-refractivity contribution in [3.63, 3.8) is 0 Å². The van der Waals surface area contributed by atoms with Crippen LogP contribution in [0.4, 0.5) is 0 Å². The van der Waals surface area contributed by atoms with Gasteiger partial charge in [-0.25, -0.2) is 9.59 Å². The van der Waals surface area contributed by atoms with E-state index in [1.165, 1.54) is 44.3 Å². The molecule has 0 radical (unpaired) electrons. The minimum atomic E-state index is -1.82. The molecule has 0 saturated heterocycles. The average Bonchev–Trinajstić information content (AvgIpc) is 3.38. The lowest BCUT2D eigenvalue weighted by molar-refractivity contribution is -0.159. The third-order valence-corrected chi connectivity index (χ3v) is 7.39. The molecule has 3 aromatic rings. The fraction of sp³-hybridized carbons (Fsp3) is 0.486. The maximum absolute atomic E-state index is 13.8. The molecule has 2 N–H and O–H groups in total. The van der Waals surface area contributed by atoms with Gasteiger partial charge in [0.1, 0.15) is 11.3 Å². The summed E-state index contributed by atoms with van der Waals surface area (Å²) in [5.41, 5.74) is 3.72. The smallest absolute Gasteiger partial charge is 0.414 e. The Morgan fingerprint density at radius 2 is 1.25 bits per heavy atom. The standard InChI is InChI=1S/C33H46N2O3.C2H2O4/c1-6-9-14-30-31(28-24-27(33(37)34(4)5)19-20-29(28)38-30)32(36)26-17-15-25(16-18-26)13-12-23-35(21-10-7-2)22-11-8-3;3-1(4)2(5)6/h15-20,24H,6-14,21-23H2,1-5H3;(H,3,4)(H,5,6). The zero-order chi connectivity index (χ0) is 32.6. The summed E-state index contributed by atoms with van der Waals surface area (Å²) >= 11 is 0. The number of aryl methyl sites for hydroxylation is 2. The lowest BCUT2D eigenvalue weighted by Gasteiger charge is -2.21. The first-order valence-corrected chi connectivity index (χ1v) is 15.6. The van der Waals surface area contributed by atoms with Gasteiger partial charge in [0.2, 0.25) is 0 Å². The van der Waals surface area contributed by atoms with Gasteiger partial charge in [0.05, 0.1) is 5.56 Å². The van der Waals surface area contributed by atoms with Crippen LogP contribution in [0.1, 0.15) is 103 Å². The third kappa shape index (κ3) is 10.9. The van der Waals surface area contributed by atoms with Crippen LogP contribution in [0.2, 0.25) is 0 Å². The number of ketones is 1. The Labute approximate surface area is 260 Å². The number of unbranched alkanes of at least 4 members (excludes halogenated alkanes) is 3. The molecule has 0 spiro atoms. The Morgan fingerprint density at radius 1 is 0.705 bits per heavy atom. The highest BCUT2D eigenvalue weighted by Gasteiger charge is 2.23. The predicted molar refractivity (Wildman–Crippen MR) is 173 cm³/mol. The minimum Gasteiger partial charge on any atom is -0.473 e. The van der Waals surface area contributed by atoms with Gasteiger partial charge >= 0.3 is 11.9 Å². The fourth-order valence-corrected chi connectivity index (χ4v) is 4.87. The van der Waals surface area contributed by atoms with Crippen LogP contribution in [-0.2, 0) is 22.4 Å². The van der Waals surface area contributed by atoms with E-state index in [1.807, 2.05) is 18.2 Å². The second-order valence-electron chi connectivity index (χ2n) is 11.2. The first-order chi connectivity index (χ1) is 21.0. The number of aliphatic carboxylic acids is 2. The first kappa shape index (κ1) is 36.2. The largest absolute Gasteiger partial charge is 0.473 e. The van der Waals surface area contributed by atoms with Gasteiger partial charge < -0.3 is 24.4 Å². The number of carbonyl (C=O) groups is 4. The van der Waals surface area contributed by atoms with E-state index >= 15 is 0 Å². The highest BCUT2D eigenvalue weighted by molar-refractivity contribution is 6.27. The summed E-state index contributed by atoms with van der Waals surface area (Å²) in [7, 11) is 3.46. The van der Waals surface area contributed by atoms with Crippen molar-refractivity contribution in [3.05, 3.63) is 70.5 Å². The Bertz CT molecular complexity index is 1360. The van der Waals surface area contributed by atoms with Crippen molar-refractivity contribution in [1.29, 1.82) is 0 Å². The summed E-state index contributed by atoms with van der Waals surface area (Å²) < 4.78 is 6.14. The topological polar surface area (TPSA) is 128 Å². The van der Waals surface area contributed by atoms with Crippen LogP contribution in [0, 0.1) is 0 Å². The average molecular weight is 609 g/mol. The second-order valence-corrected chi connectivity index (χ2v) is 11.2. The summed E-state index contributed by atoms with van der Waals surface area (Å²) in [6.45, 7) is 10.1. The quantitative estimate of drug-likeness (QED) is 0.136. The van der Waals surface area contributed by atoms with Gasteiger partial charge in [0, 0.05) is 37.0 Å². The monoisotopic (exact) mass is 608 g/mol. The number of hydrogen-bond donors (Lipinski definition) is 2. The highest BCUT2D eigenvalue weighted by Crippen LogP contribution is 2.31. The summed E-state index contributed by atoms with van der Waals surface area (Å²) in [5.74, 6) is -3.07. The van der Waals surface area contributed by atoms with Crippen molar-refractivity contribution < 1.29 is 33.8 Å². The van der Waals surface area contributed by atoms with E-state index in [4.69, 9.17) is 24.2 Å². The lowest BCUT2D eigenvalue weighted by Crippen LogP contribution is -2.27. The van der Waals surface area contributed by atoms with E-state index in [0.717, 1.165) is 37.6 Å². The maximum atomic E-state index is 13.8. The molecule has 0 fully saturated rings. The molecule has 3 rings (SSSR count). The van der Waals surface area contributed by atoms with E-state index < -0.39 is 11.9 Å². The van der Waals surface area contributed by atoms with Gasteiger partial charge in [-0.2, -0.15) is 0 Å². The zero-order valence-corrected chi connectivity index (χ0v) is 26.9. The molecule has 0 atom stereocenters. The molecule has 0 unspecified atom stereocenters. The fourth-order valence-electron chi connectivity index (χ4n) is 4.87. The van der Waals surface area contributed by atoms with Gasteiger partial charge in [0.15, 0.2) is 5.78 Å². The van der Waals surface area contributed by atoms with E-state index in [9.17, 15) is 9.59 Å². The molecular weight excluding hydrogens is 560 g/mol. The Hall–Kier alpha value is -3.98. The molecule has 0 aliphatic heterocycles. The third-order valence-electron chi connectivity index (χ3n) is 7.39. The van der Waals surface area contributed by atoms with Gasteiger partial charge in [-0.05, 0) is 75.5 Å². The van der Waals surface area contributed by atoms with Crippen LogP contribution >= 0.6 is 0 Å². The number of carbonyl (C=O) groups excluding carboxylic acids is 2. The van der Waals surface area contributed by atoms with Gasteiger partial charge in [-0.1, -0.05) is 64.3 Å². The van der Waals surface area contributed by atoms with Crippen molar-refractivity contribution in [2.75, 3.05) is 33.7 Å². The Morgan fingerprint density at radius 3 is 1.77 bits per heavy atom. The van der Waals surface area contributed by atoms with Gasteiger partial charge in [0.25, 0.3) is 5.91 Å². The number of benzene rings is 2. The zero-order valence-electron chi connectivity index (χ0n) is 26.9. The SMILES string of the molecule is CCCCc1oc2ccc(C(=O)N(C)C)cc2c1C(=O)c1ccc(CCCN(CCCC)CCCC)cc1.O=C(O)C(=O)O. The number of fused-ring (bicyclic) bond motifs is 1. The Kier molecular flexibility index (Phi) is 15.3. The molecule has 1 aromatic heterocycles. The predicted octanol–water partition coefficient (Wildman–Crippen LogP) is 6.70. The number of rotatable bonds is 16. The van der Waals surface area contributed by atoms with Gasteiger partial charge in [-0.15, -0.1) is 0 Å². The van der Waals surface area contributed by atoms with E-state index in [1.54, 1.807) is 31.1 Å². The van der Waals surface area contributed by atoms with Gasteiger partial charge in [-0.3, -0.25) is 9.59 Å².